The molecule has 0 saturated carbocycles. The first kappa shape index (κ1) is 36.7. The molecule has 14 nitrogen and oxygen atoms in total. The number of aromatic nitrogens is 3. The van der Waals surface area contributed by atoms with Crippen LogP contribution in [0.1, 0.15) is 60.9 Å². The van der Waals surface area contributed by atoms with E-state index in [1.807, 2.05) is 41.3 Å². The number of allylic oxidation sites excluding steroid dienone is 2. The summed E-state index contributed by atoms with van der Waals surface area (Å²) < 4.78 is 0. The molecule has 0 bridgehead atoms. The Labute approximate surface area is 348 Å². The molecule has 0 unspecified atom stereocenters. The number of nitrogens with zero attached hydrogens (tertiary/aromatic N) is 11. The van der Waals surface area contributed by atoms with Gasteiger partial charge in [0, 0.05) is 66.6 Å². The summed E-state index contributed by atoms with van der Waals surface area (Å²) in [7, 11) is 0. The number of nitrogen functional groups attached to an aromatic ring is 1. The van der Waals surface area contributed by atoms with Crippen molar-refractivity contribution in [2.24, 2.45) is 20.0 Å². The number of piperidine rings is 2. The second-order valence-corrected chi connectivity index (χ2v) is 15.2. The van der Waals surface area contributed by atoms with Crippen LogP contribution in [-0.4, -0.2) is 69.5 Å². The third-order valence-electron chi connectivity index (χ3n) is 11.2. The summed E-state index contributed by atoms with van der Waals surface area (Å²) in [6.07, 6.45) is 14.8. The van der Waals surface area contributed by atoms with E-state index in [0.717, 1.165) is 77.4 Å². The maximum atomic E-state index is 9.77. The Hall–Kier alpha value is -7.66. The monoisotopic (exact) mass is 790 g/mol. The number of hydrogen-bond acceptors (Lipinski definition) is 14. The van der Waals surface area contributed by atoms with Crippen molar-refractivity contribution in [3.63, 3.8) is 0 Å². The number of rotatable bonds is 9. The maximum absolute atomic E-state index is 9.77. The Kier molecular flexibility index (Phi) is 9.74. The third kappa shape index (κ3) is 7.44. The lowest BCUT2D eigenvalue weighted by Crippen LogP contribution is -2.42. The number of hydrogen-bond donors (Lipinski definition) is 3. The van der Waals surface area contributed by atoms with Crippen LogP contribution in [0.15, 0.2) is 135 Å². The molecule has 5 aliphatic rings. The maximum Gasteiger partial charge on any atom is 0.239 e. The Morgan fingerprint density at radius 1 is 0.617 bits per heavy atom. The summed E-state index contributed by atoms with van der Waals surface area (Å²) in [6, 6.07) is 30.0. The van der Waals surface area contributed by atoms with Gasteiger partial charge < -0.3 is 26.2 Å². The smallest absolute Gasteiger partial charge is 0.239 e. The zero-order chi connectivity index (χ0) is 40.4. The number of nitrogens with one attached hydrogen (secondary N) is 2. The van der Waals surface area contributed by atoms with Gasteiger partial charge in [-0.2, -0.15) is 15.2 Å². The highest BCUT2D eigenvalue weighted by Crippen LogP contribution is 2.38. The first-order valence-electron chi connectivity index (χ1n) is 20.5. The molecule has 0 amide bonds. The second-order valence-electron chi connectivity index (χ2n) is 15.2. The minimum absolute atomic E-state index is 0.160. The number of guanidine groups is 2. The lowest BCUT2D eigenvalue weighted by atomic mass is 10.0. The predicted molar refractivity (Wildman–Crippen MR) is 239 cm³/mol. The molecule has 60 heavy (non-hydrogen) atoms. The summed E-state index contributed by atoms with van der Waals surface area (Å²) in [4.78, 5) is 40.4. The van der Waals surface area contributed by atoms with Crippen LogP contribution in [0.25, 0.3) is 5.70 Å². The van der Waals surface area contributed by atoms with E-state index in [4.69, 9.17) is 25.7 Å². The highest BCUT2D eigenvalue weighted by Gasteiger charge is 2.34. The average Bonchev–Trinajstić information content (AvgIpc) is 3.29. The first-order chi connectivity index (χ1) is 29.5. The van der Waals surface area contributed by atoms with E-state index in [0.29, 0.717) is 34.7 Å². The fraction of sp³-hybridized carbons (Fsp3) is 0.217. The molecule has 2 saturated heterocycles. The first-order valence-corrected chi connectivity index (χ1v) is 20.5. The highest BCUT2D eigenvalue weighted by atomic mass is 15.4. The number of benzene rings is 2. The fourth-order valence-corrected chi connectivity index (χ4v) is 8.22. The quantitative estimate of drug-likeness (QED) is 0.133. The van der Waals surface area contributed by atoms with Crippen molar-refractivity contribution in [1.82, 2.24) is 19.9 Å². The minimum atomic E-state index is 0.160. The van der Waals surface area contributed by atoms with Crippen molar-refractivity contribution >= 4 is 69.4 Å². The topological polar surface area (TPSA) is 172 Å². The van der Waals surface area contributed by atoms with Gasteiger partial charge in [-0.05, 0) is 123 Å². The van der Waals surface area contributed by atoms with Crippen molar-refractivity contribution in [1.29, 1.82) is 5.26 Å². The molecule has 4 N–H and O–H groups in total. The minimum Gasteiger partial charge on any atom is -0.384 e. The van der Waals surface area contributed by atoms with Gasteiger partial charge in [0.25, 0.3) is 0 Å². The van der Waals surface area contributed by atoms with Crippen molar-refractivity contribution < 1.29 is 0 Å². The number of amidine groups is 1. The molecule has 0 spiro atoms. The van der Waals surface area contributed by atoms with Gasteiger partial charge in [0.1, 0.15) is 29.2 Å². The summed E-state index contributed by atoms with van der Waals surface area (Å²) in [5.41, 5.74) is 14.8. The van der Waals surface area contributed by atoms with Gasteiger partial charge in [0.2, 0.25) is 11.9 Å². The zero-order valence-electron chi connectivity index (χ0n) is 33.0. The average molecular weight is 791 g/mol. The van der Waals surface area contributed by atoms with Gasteiger partial charge in [-0.15, -0.1) is 0 Å². The van der Waals surface area contributed by atoms with Crippen LogP contribution >= 0.6 is 0 Å². The molecular formula is C46H42N14. The van der Waals surface area contributed by atoms with E-state index in [1.165, 1.54) is 38.5 Å². The molecule has 0 aliphatic carbocycles. The third-order valence-corrected chi connectivity index (χ3v) is 11.2. The number of nitrogens with two attached hydrogens (primary N) is 1. The fourth-order valence-electron chi connectivity index (χ4n) is 8.22. The standard InChI is InChI=1S/C46H42N14/c47-29-31-23-30(24-41(48)51-31)44-56-45-54-39(35-15-13-32(58-19-7-1-8-20-58)25-37(35)52-42-11-3-5-17-49-42)27-34-28-40(55-46(57-44)60(34)45)36-16-14-33(59-21-9-2-10-22-59)26-38(36)53-43-12-4-6-18-50-43/h3-6,11-18,23-28H,1-2,7-10,19-22H2,(H2,48,51)(H,49,52)(H,50,53). The van der Waals surface area contributed by atoms with E-state index < -0.39 is 0 Å². The van der Waals surface area contributed by atoms with Crippen LogP contribution < -0.4 is 26.2 Å². The Bertz CT molecular complexity index is 2590. The van der Waals surface area contributed by atoms with Crippen molar-refractivity contribution in [3.05, 3.63) is 138 Å². The summed E-state index contributed by atoms with van der Waals surface area (Å²) >= 11 is 0. The molecule has 5 aromatic rings. The molecule has 3 aromatic heterocycles. The van der Waals surface area contributed by atoms with Gasteiger partial charge in [-0.1, -0.05) is 12.1 Å². The Morgan fingerprint density at radius 3 is 1.85 bits per heavy atom. The van der Waals surface area contributed by atoms with E-state index >= 15 is 0 Å². The molecule has 5 aliphatic heterocycles. The number of pyridine rings is 3. The van der Waals surface area contributed by atoms with Gasteiger partial charge >= 0.3 is 0 Å². The zero-order valence-corrected chi connectivity index (χ0v) is 33.0. The van der Waals surface area contributed by atoms with Crippen LogP contribution in [0.4, 0.5) is 40.2 Å². The molecule has 2 fully saturated rings. The second kappa shape index (κ2) is 15.9. The lowest BCUT2D eigenvalue weighted by Gasteiger charge is -2.34. The van der Waals surface area contributed by atoms with E-state index in [1.54, 1.807) is 24.5 Å². The SMILES string of the molecule is N#Cc1cc(C2=NC3=NC(c4ccc(N5CCCCC5)cc4Nc4ccccn4)=CC4=CC(c5ccc(N6CCCCC6)cc5Nc5ccccn5)=NC(=N2)N43)cc(N)n1. The number of nitriles is 1. The molecular weight excluding hydrogens is 749 g/mol. The van der Waals surface area contributed by atoms with Crippen LogP contribution in [0.5, 0.6) is 0 Å². The van der Waals surface area contributed by atoms with Gasteiger partial charge in [-0.25, -0.2) is 29.8 Å². The lowest BCUT2D eigenvalue weighted by molar-refractivity contribution is 0.578. The Balaban J connectivity index is 1.13. The van der Waals surface area contributed by atoms with E-state index in [2.05, 4.69) is 90.0 Å². The largest absolute Gasteiger partial charge is 0.384 e. The normalized spacial score (nSPS) is 17.2. The summed E-state index contributed by atoms with van der Waals surface area (Å²) in [6.45, 7) is 4.06. The van der Waals surface area contributed by atoms with Crippen LogP contribution in [0, 0.1) is 11.3 Å². The van der Waals surface area contributed by atoms with E-state index in [-0.39, 0.29) is 11.5 Å². The van der Waals surface area contributed by atoms with Crippen molar-refractivity contribution in [2.75, 3.05) is 52.3 Å². The summed E-state index contributed by atoms with van der Waals surface area (Å²) in [5.74, 6) is 2.72. The molecule has 0 radical (unpaired) electrons. The van der Waals surface area contributed by atoms with Crippen molar-refractivity contribution in [3.8, 4) is 6.07 Å². The Morgan fingerprint density at radius 2 is 1.23 bits per heavy atom. The number of aliphatic imine (C=N–C) groups is 4. The molecule has 8 heterocycles. The number of anilines is 7. The molecule has 0 atom stereocenters. The summed E-state index contributed by atoms with van der Waals surface area (Å²) in [5, 5.41) is 17.0. The van der Waals surface area contributed by atoms with Crippen LogP contribution in [-0.2, 0) is 0 Å². The van der Waals surface area contributed by atoms with Crippen molar-refractivity contribution in [2.45, 2.75) is 38.5 Å². The molecule has 296 valence electrons. The highest BCUT2D eigenvalue weighted by molar-refractivity contribution is 6.27. The van der Waals surface area contributed by atoms with Gasteiger partial charge in [-0.3, -0.25) is 0 Å². The molecule has 2 aromatic carbocycles. The van der Waals surface area contributed by atoms with Gasteiger partial charge in [0.15, 0.2) is 5.84 Å². The van der Waals surface area contributed by atoms with Crippen LogP contribution in [0.2, 0.25) is 0 Å². The van der Waals surface area contributed by atoms with Gasteiger partial charge in [0.05, 0.1) is 28.5 Å². The predicted octanol–water partition coefficient (Wildman–Crippen LogP) is 8.01. The molecule has 10 rings (SSSR count). The van der Waals surface area contributed by atoms with Crippen LogP contribution in [0.3, 0.4) is 0 Å². The van der Waals surface area contributed by atoms with E-state index in [9.17, 15) is 5.26 Å². The molecule has 14 heteroatoms.